The fourth-order valence-electron chi connectivity index (χ4n) is 2.91. The first kappa shape index (κ1) is 15.7. The van der Waals surface area contributed by atoms with Crippen molar-refractivity contribution in [1.29, 1.82) is 5.26 Å². The number of carbonyl (C=O) groups is 1. The third-order valence-electron chi connectivity index (χ3n) is 4.23. The highest BCUT2D eigenvalue weighted by molar-refractivity contribution is 5.87. The molecule has 1 atom stereocenters. The second kappa shape index (κ2) is 5.76. The number of amides is 1. The van der Waals surface area contributed by atoms with Crippen LogP contribution in [-0.4, -0.2) is 24.5 Å². The normalized spacial score (nSPS) is 21.1. The van der Waals surface area contributed by atoms with E-state index in [4.69, 9.17) is 0 Å². The minimum absolute atomic E-state index is 0.0500. The van der Waals surface area contributed by atoms with E-state index in [1.165, 1.54) is 6.07 Å². The number of nitrogens with zero attached hydrogens (tertiary/aromatic N) is 2. The lowest BCUT2D eigenvalue weighted by molar-refractivity contribution is -0.137. The van der Waals surface area contributed by atoms with Crippen LogP contribution < -0.4 is 10.2 Å². The van der Waals surface area contributed by atoms with Gasteiger partial charge in [-0.25, -0.2) is 0 Å². The molecule has 1 aliphatic carbocycles. The van der Waals surface area contributed by atoms with Gasteiger partial charge >= 0.3 is 6.18 Å². The maximum atomic E-state index is 12.8. The molecular weight excluding hydrogens is 307 g/mol. The van der Waals surface area contributed by atoms with Gasteiger partial charge in [0, 0.05) is 12.6 Å². The van der Waals surface area contributed by atoms with E-state index >= 15 is 0 Å². The molecule has 3 rings (SSSR count). The van der Waals surface area contributed by atoms with E-state index in [9.17, 15) is 23.2 Å². The molecule has 0 bridgehead atoms. The summed E-state index contributed by atoms with van der Waals surface area (Å²) in [5.74, 6) is -0.103. The van der Waals surface area contributed by atoms with E-state index < -0.39 is 17.8 Å². The molecule has 1 aliphatic heterocycles. The Kier molecular flexibility index (Phi) is 3.92. The maximum absolute atomic E-state index is 12.8. The molecule has 0 aromatic heterocycles. The maximum Gasteiger partial charge on any atom is 0.416 e. The average Bonchev–Trinajstić information content (AvgIpc) is 3.18. The first-order valence-corrected chi connectivity index (χ1v) is 7.58. The van der Waals surface area contributed by atoms with Gasteiger partial charge < -0.3 is 10.2 Å². The Balaban J connectivity index is 1.87. The van der Waals surface area contributed by atoms with E-state index in [2.05, 4.69) is 5.32 Å². The van der Waals surface area contributed by atoms with Crippen LogP contribution in [0.2, 0.25) is 0 Å². The van der Waals surface area contributed by atoms with Crippen LogP contribution in [0, 0.1) is 11.3 Å². The van der Waals surface area contributed by atoms with Crippen LogP contribution in [0.5, 0.6) is 0 Å². The van der Waals surface area contributed by atoms with E-state index in [1.54, 1.807) is 4.90 Å². The van der Waals surface area contributed by atoms with E-state index in [0.717, 1.165) is 31.4 Å². The minimum atomic E-state index is -4.49. The van der Waals surface area contributed by atoms with Crippen molar-refractivity contribution in [2.75, 3.05) is 11.4 Å². The number of alkyl halides is 3. The van der Waals surface area contributed by atoms with Crippen LogP contribution in [0.3, 0.4) is 0 Å². The largest absolute Gasteiger partial charge is 0.416 e. The molecule has 2 fully saturated rings. The molecule has 4 nitrogen and oxygen atoms in total. The first-order valence-electron chi connectivity index (χ1n) is 7.58. The van der Waals surface area contributed by atoms with Crippen molar-refractivity contribution in [3.8, 4) is 6.07 Å². The molecule has 7 heteroatoms. The van der Waals surface area contributed by atoms with Gasteiger partial charge in [-0.3, -0.25) is 4.79 Å². The average molecular weight is 323 g/mol. The Bertz CT molecular complexity index is 662. The lowest BCUT2D eigenvalue weighted by Crippen LogP contribution is -2.44. The molecule has 0 radical (unpaired) electrons. The van der Waals surface area contributed by atoms with Crippen molar-refractivity contribution in [3.05, 3.63) is 29.3 Å². The van der Waals surface area contributed by atoms with Crippen LogP contribution in [0.25, 0.3) is 0 Å². The standard InChI is InChI=1S/C16H16F3N3O/c17-16(18,19)11-3-6-13(10(8-11)9-20)22-7-1-2-14(22)15(23)21-12-4-5-12/h3,6,8,12,14H,1-2,4-5,7H2,(H,21,23)/t14-/m0/s1. The Labute approximate surface area is 131 Å². The molecule has 0 spiro atoms. The number of nitrogens with one attached hydrogen (secondary N) is 1. The smallest absolute Gasteiger partial charge is 0.358 e. The zero-order valence-electron chi connectivity index (χ0n) is 12.4. The summed E-state index contributed by atoms with van der Waals surface area (Å²) in [7, 11) is 0. The predicted octanol–water partition coefficient (Wildman–Crippen LogP) is 2.82. The molecule has 1 N–H and O–H groups in total. The molecule has 1 saturated carbocycles. The van der Waals surface area contributed by atoms with Crippen molar-refractivity contribution in [2.45, 2.75) is 43.9 Å². The molecule has 122 valence electrons. The second-order valence-electron chi connectivity index (χ2n) is 5.98. The molecule has 0 unspecified atom stereocenters. The monoisotopic (exact) mass is 323 g/mol. The van der Waals surface area contributed by atoms with Gasteiger partial charge in [-0.1, -0.05) is 0 Å². The van der Waals surface area contributed by atoms with Gasteiger partial charge in [0.2, 0.25) is 5.91 Å². The van der Waals surface area contributed by atoms with Crippen LogP contribution in [0.15, 0.2) is 18.2 Å². The zero-order valence-corrected chi connectivity index (χ0v) is 12.4. The third-order valence-corrected chi connectivity index (χ3v) is 4.23. The SMILES string of the molecule is N#Cc1cc(C(F)(F)F)ccc1N1CCC[C@H]1C(=O)NC1CC1. The highest BCUT2D eigenvalue weighted by Crippen LogP contribution is 2.35. The van der Waals surface area contributed by atoms with Crippen molar-refractivity contribution < 1.29 is 18.0 Å². The summed E-state index contributed by atoms with van der Waals surface area (Å²) < 4.78 is 38.3. The Morgan fingerprint density at radius 3 is 2.65 bits per heavy atom. The summed E-state index contributed by atoms with van der Waals surface area (Å²) in [5, 5.41) is 12.1. The summed E-state index contributed by atoms with van der Waals surface area (Å²) in [6.45, 7) is 0.558. The van der Waals surface area contributed by atoms with Gasteiger partial charge in [-0.15, -0.1) is 0 Å². The first-order chi connectivity index (χ1) is 10.9. The fraction of sp³-hybridized carbons (Fsp3) is 0.500. The summed E-state index contributed by atoms with van der Waals surface area (Å²) >= 11 is 0. The fourth-order valence-corrected chi connectivity index (χ4v) is 2.91. The molecule has 1 aromatic carbocycles. The number of nitriles is 1. The van der Waals surface area contributed by atoms with Crippen molar-refractivity contribution in [3.63, 3.8) is 0 Å². The molecule has 1 amide bonds. The molecule has 1 heterocycles. The highest BCUT2D eigenvalue weighted by Gasteiger charge is 2.36. The van der Waals surface area contributed by atoms with Gasteiger partial charge in [0.25, 0.3) is 0 Å². The summed E-state index contributed by atoms with van der Waals surface area (Å²) in [4.78, 5) is 14.0. The minimum Gasteiger partial charge on any atom is -0.358 e. The Morgan fingerprint density at radius 2 is 2.04 bits per heavy atom. The number of hydrogen-bond donors (Lipinski definition) is 1. The number of rotatable bonds is 3. The quantitative estimate of drug-likeness (QED) is 0.930. The number of benzene rings is 1. The number of anilines is 1. The third kappa shape index (κ3) is 3.26. The molecule has 23 heavy (non-hydrogen) atoms. The van der Waals surface area contributed by atoms with Crippen LogP contribution in [0.1, 0.15) is 36.8 Å². The lowest BCUT2D eigenvalue weighted by atomic mass is 10.1. The summed E-state index contributed by atoms with van der Waals surface area (Å²) in [6, 6.07) is 4.75. The highest BCUT2D eigenvalue weighted by atomic mass is 19.4. The number of hydrogen-bond acceptors (Lipinski definition) is 3. The molecule has 1 aromatic rings. The van der Waals surface area contributed by atoms with E-state index in [-0.39, 0.29) is 17.5 Å². The summed E-state index contributed by atoms with van der Waals surface area (Å²) in [6.07, 6.45) is -1.12. The predicted molar refractivity (Wildman–Crippen MR) is 77.7 cm³/mol. The number of carbonyl (C=O) groups excluding carboxylic acids is 1. The van der Waals surface area contributed by atoms with Crippen LogP contribution >= 0.6 is 0 Å². The molecular formula is C16H16F3N3O. The lowest BCUT2D eigenvalue weighted by Gasteiger charge is -2.27. The number of halogens is 3. The van der Waals surface area contributed by atoms with Crippen molar-refractivity contribution in [2.24, 2.45) is 0 Å². The van der Waals surface area contributed by atoms with Gasteiger partial charge in [-0.2, -0.15) is 18.4 Å². The topological polar surface area (TPSA) is 56.1 Å². The molecule has 2 aliphatic rings. The second-order valence-corrected chi connectivity index (χ2v) is 5.98. The van der Waals surface area contributed by atoms with Crippen molar-refractivity contribution in [1.82, 2.24) is 5.32 Å². The van der Waals surface area contributed by atoms with E-state index in [0.29, 0.717) is 18.7 Å². The Hall–Kier alpha value is -2.23. The van der Waals surface area contributed by atoms with Gasteiger partial charge in [0.05, 0.1) is 16.8 Å². The Morgan fingerprint density at radius 1 is 1.30 bits per heavy atom. The van der Waals surface area contributed by atoms with Gasteiger partial charge in [0.15, 0.2) is 0 Å². The van der Waals surface area contributed by atoms with Crippen LogP contribution in [-0.2, 0) is 11.0 Å². The van der Waals surface area contributed by atoms with E-state index in [1.807, 2.05) is 6.07 Å². The van der Waals surface area contributed by atoms with Crippen molar-refractivity contribution >= 4 is 11.6 Å². The van der Waals surface area contributed by atoms with Gasteiger partial charge in [0.1, 0.15) is 12.1 Å². The van der Waals surface area contributed by atoms with Gasteiger partial charge in [-0.05, 0) is 43.9 Å². The van der Waals surface area contributed by atoms with Crippen LogP contribution in [0.4, 0.5) is 18.9 Å². The molecule has 1 saturated heterocycles. The summed E-state index contributed by atoms with van der Waals surface area (Å²) in [5.41, 5.74) is -0.504. The zero-order chi connectivity index (χ0) is 16.6.